The highest BCUT2D eigenvalue weighted by atomic mass is 32.1. The predicted molar refractivity (Wildman–Crippen MR) is 67.3 cm³/mol. The summed E-state index contributed by atoms with van der Waals surface area (Å²) < 4.78 is 38.3. The van der Waals surface area contributed by atoms with E-state index in [0.29, 0.717) is 27.8 Å². The Hall–Kier alpha value is -1.56. The topological polar surface area (TPSA) is 37.3 Å². The lowest BCUT2D eigenvalue weighted by Gasteiger charge is -2.05. The molecule has 0 amide bonds. The number of thiophene rings is 1. The number of fused-ring (bicyclic) bond motifs is 1. The first-order valence-corrected chi connectivity index (χ1v) is 6.41. The van der Waals surface area contributed by atoms with E-state index >= 15 is 0 Å². The Bertz CT molecular complexity index is 616. The van der Waals surface area contributed by atoms with Gasteiger partial charge in [0.05, 0.1) is 5.92 Å². The van der Waals surface area contributed by atoms with E-state index in [1.807, 2.05) is 0 Å². The number of halogens is 3. The summed E-state index contributed by atoms with van der Waals surface area (Å²) in [5, 5.41) is 9.33. The van der Waals surface area contributed by atoms with Gasteiger partial charge in [-0.25, -0.2) is 0 Å². The van der Waals surface area contributed by atoms with Crippen LogP contribution < -0.4 is 0 Å². The van der Waals surface area contributed by atoms with E-state index in [4.69, 9.17) is 5.11 Å². The minimum atomic E-state index is -4.34. The molecule has 0 radical (unpaired) electrons. The first-order chi connectivity index (χ1) is 8.77. The van der Waals surface area contributed by atoms with Crippen LogP contribution in [0.1, 0.15) is 17.4 Å². The van der Waals surface area contributed by atoms with E-state index in [1.54, 1.807) is 25.1 Å². The molecular formula is C13H11F3O2S. The highest BCUT2D eigenvalue weighted by Crippen LogP contribution is 2.38. The summed E-state index contributed by atoms with van der Waals surface area (Å²) in [4.78, 5) is 10.1. The number of carboxylic acid groups (broad SMARTS) is 1. The molecule has 6 heteroatoms. The summed E-state index contributed by atoms with van der Waals surface area (Å²) in [5.74, 6) is -1.47. The molecule has 1 aromatic heterocycles. The van der Waals surface area contributed by atoms with Gasteiger partial charge >= 0.3 is 12.1 Å². The van der Waals surface area contributed by atoms with Gasteiger partial charge < -0.3 is 5.11 Å². The van der Waals surface area contributed by atoms with Crippen LogP contribution in [0.5, 0.6) is 0 Å². The van der Waals surface area contributed by atoms with Crippen molar-refractivity contribution in [2.45, 2.75) is 19.5 Å². The van der Waals surface area contributed by atoms with Gasteiger partial charge in [0.2, 0.25) is 0 Å². The number of carboxylic acids is 1. The highest BCUT2D eigenvalue weighted by molar-refractivity contribution is 7.19. The van der Waals surface area contributed by atoms with Gasteiger partial charge in [-0.2, -0.15) is 13.2 Å². The van der Waals surface area contributed by atoms with Gasteiger partial charge in [-0.15, -0.1) is 11.3 Å². The van der Waals surface area contributed by atoms with Crippen molar-refractivity contribution in [1.29, 1.82) is 0 Å². The van der Waals surface area contributed by atoms with Gasteiger partial charge in [-0.05, 0) is 29.5 Å². The molecule has 1 N–H and O–H groups in total. The van der Waals surface area contributed by atoms with Crippen molar-refractivity contribution in [2.75, 3.05) is 0 Å². The van der Waals surface area contributed by atoms with E-state index in [2.05, 4.69) is 0 Å². The zero-order valence-corrected chi connectivity index (χ0v) is 10.8. The number of alkyl halides is 3. The van der Waals surface area contributed by atoms with Crippen molar-refractivity contribution >= 4 is 27.4 Å². The van der Waals surface area contributed by atoms with Crippen LogP contribution in [-0.4, -0.2) is 11.1 Å². The van der Waals surface area contributed by atoms with Crippen molar-refractivity contribution in [3.8, 4) is 0 Å². The minimum Gasteiger partial charge on any atom is -0.481 e. The van der Waals surface area contributed by atoms with E-state index in [1.165, 1.54) is 0 Å². The van der Waals surface area contributed by atoms with Crippen LogP contribution in [0.3, 0.4) is 0 Å². The molecule has 0 aliphatic carbocycles. The number of benzene rings is 1. The van der Waals surface area contributed by atoms with E-state index in [-0.39, 0.29) is 0 Å². The number of hydrogen-bond acceptors (Lipinski definition) is 2. The largest absolute Gasteiger partial charge is 0.481 e. The molecule has 102 valence electrons. The van der Waals surface area contributed by atoms with E-state index < -0.39 is 22.9 Å². The average Bonchev–Trinajstić information content (AvgIpc) is 2.71. The fourth-order valence-corrected chi connectivity index (χ4v) is 2.71. The Morgan fingerprint density at radius 3 is 2.63 bits per heavy atom. The third-order valence-electron chi connectivity index (χ3n) is 2.82. The molecule has 0 saturated carbocycles. The normalized spacial score (nSPS) is 13.7. The summed E-state index contributed by atoms with van der Waals surface area (Å²) in [6.45, 7) is 1.57. The zero-order valence-electron chi connectivity index (χ0n) is 9.99. The number of rotatable bonds is 3. The van der Waals surface area contributed by atoms with Gasteiger partial charge in [-0.3, -0.25) is 4.79 Å². The minimum absolute atomic E-state index is 0.308. The number of carbonyl (C=O) groups is 1. The molecule has 1 aromatic carbocycles. The molecule has 0 fully saturated rings. The molecule has 19 heavy (non-hydrogen) atoms. The molecule has 0 aliphatic heterocycles. The lowest BCUT2D eigenvalue weighted by Crippen LogP contribution is -2.12. The number of aliphatic carboxylic acids is 1. The zero-order chi connectivity index (χ0) is 14.2. The Balaban J connectivity index is 2.33. The SMILES string of the molecule is CC(Cc1ccc2sc(C(F)(F)F)cc2c1)C(=O)O. The van der Waals surface area contributed by atoms with Crippen molar-refractivity contribution in [2.24, 2.45) is 5.92 Å². The van der Waals surface area contributed by atoms with Crippen LogP contribution in [0.4, 0.5) is 13.2 Å². The molecule has 1 unspecified atom stereocenters. The third kappa shape index (κ3) is 3.07. The fourth-order valence-electron chi connectivity index (χ4n) is 1.80. The summed E-state index contributed by atoms with van der Waals surface area (Å²) in [6.07, 6.45) is -4.03. The molecule has 2 nitrogen and oxygen atoms in total. The van der Waals surface area contributed by atoms with Crippen LogP contribution >= 0.6 is 11.3 Å². The van der Waals surface area contributed by atoms with Crippen LogP contribution in [0, 0.1) is 5.92 Å². The second kappa shape index (κ2) is 4.85. The first kappa shape index (κ1) is 13.9. The fraction of sp³-hybridized carbons (Fsp3) is 0.308. The van der Waals surface area contributed by atoms with Crippen molar-refractivity contribution in [3.63, 3.8) is 0 Å². The van der Waals surface area contributed by atoms with Gasteiger partial charge in [-0.1, -0.05) is 19.1 Å². The lowest BCUT2D eigenvalue weighted by molar-refractivity contribution is -0.141. The summed E-state index contributed by atoms with van der Waals surface area (Å²) >= 11 is 0.697. The second-order valence-electron chi connectivity index (χ2n) is 4.42. The van der Waals surface area contributed by atoms with Gasteiger partial charge in [0.25, 0.3) is 0 Å². The smallest absolute Gasteiger partial charge is 0.425 e. The average molecular weight is 288 g/mol. The third-order valence-corrected chi connectivity index (χ3v) is 3.98. The maximum atomic E-state index is 12.6. The molecule has 0 spiro atoms. The molecular weight excluding hydrogens is 277 g/mol. The van der Waals surface area contributed by atoms with Crippen molar-refractivity contribution < 1.29 is 23.1 Å². The summed E-state index contributed by atoms with van der Waals surface area (Å²) in [6, 6.07) is 6.02. The maximum absolute atomic E-state index is 12.6. The molecule has 1 heterocycles. The first-order valence-electron chi connectivity index (χ1n) is 5.60. The molecule has 1 atom stereocenters. The number of hydrogen-bond donors (Lipinski definition) is 1. The summed E-state index contributed by atoms with van der Waals surface area (Å²) in [7, 11) is 0. The standard InChI is InChI=1S/C13H11F3O2S/c1-7(12(17)18)4-8-2-3-10-9(5-8)6-11(19-10)13(14,15)16/h2-3,5-7H,4H2,1H3,(H,17,18). The van der Waals surface area contributed by atoms with Gasteiger partial charge in [0.1, 0.15) is 4.88 Å². The Morgan fingerprint density at radius 2 is 2.05 bits per heavy atom. The second-order valence-corrected chi connectivity index (χ2v) is 5.51. The lowest BCUT2D eigenvalue weighted by atomic mass is 10.0. The van der Waals surface area contributed by atoms with Gasteiger partial charge in [0.15, 0.2) is 0 Å². The Kier molecular flexibility index (Phi) is 3.54. The molecule has 2 aromatic rings. The Labute approximate surface area is 111 Å². The van der Waals surface area contributed by atoms with E-state index in [0.717, 1.165) is 11.6 Å². The van der Waals surface area contributed by atoms with Crippen molar-refractivity contribution in [1.82, 2.24) is 0 Å². The van der Waals surface area contributed by atoms with Crippen LogP contribution in [0.15, 0.2) is 24.3 Å². The quantitative estimate of drug-likeness (QED) is 0.919. The van der Waals surface area contributed by atoms with Crippen molar-refractivity contribution in [3.05, 3.63) is 34.7 Å². The monoisotopic (exact) mass is 288 g/mol. The van der Waals surface area contributed by atoms with Crippen LogP contribution in [0.25, 0.3) is 10.1 Å². The molecule has 0 saturated heterocycles. The van der Waals surface area contributed by atoms with Crippen LogP contribution in [0.2, 0.25) is 0 Å². The molecule has 2 rings (SSSR count). The van der Waals surface area contributed by atoms with Crippen LogP contribution in [-0.2, 0) is 17.4 Å². The molecule has 0 aliphatic rings. The van der Waals surface area contributed by atoms with Gasteiger partial charge in [0, 0.05) is 4.70 Å². The van der Waals surface area contributed by atoms with E-state index in [9.17, 15) is 18.0 Å². The maximum Gasteiger partial charge on any atom is 0.425 e. The molecule has 0 bridgehead atoms. The summed E-state index contributed by atoms with van der Waals surface area (Å²) in [5.41, 5.74) is 0.730. The Morgan fingerprint density at radius 1 is 1.37 bits per heavy atom. The highest BCUT2D eigenvalue weighted by Gasteiger charge is 2.32. The predicted octanol–water partition coefficient (Wildman–Crippen LogP) is 4.18.